The van der Waals surface area contributed by atoms with E-state index in [9.17, 15) is 9.59 Å². The molecule has 2 heterocycles. The molecular formula is C23H25N3O5. The van der Waals surface area contributed by atoms with Crippen LogP contribution in [0.2, 0.25) is 0 Å². The topological polar surface area (TPSA) is 82.9 Å². The number of hydrogen-bond donors (Lipinski definition) is 0. The van der Waals surface area contributed by atoms with Crippen LogP contribution in [0.25, 0.3) is 10.9 Å². The van der Waals surface area contributed by atoms with E-state index in [-0.39, 0.29) is 24.1 Å². The van der Waals surface area contributed by atoms with Gasteiger partial charge in [-0.1, -0.05) is 30.3 Å². The zero-order valence-electron chi connectivity index (χ0n) is 17.8. The third-order valence-electron chi connectivity index (χ3n) is 5.53. The summed E-state index contributed by atoms with van der Waals surface area (Å²) in [5, 5.41) is 0.375. The highest BCUT2D eigenvalue weighted by atomic mass is 16.5. The number of aryl methyl sites for hydroxylation is 1. The molecule has 8 heteroatoms. The van der Waals surface area contributed by atoms with E-state index in [1.165, 1.54) is 18.8 Å². The van der Waals surface area contributed by atoms with E-state index in [1.54, 1.807) is 24.0 Å². The van der Waals surface area contributed by atoms with Gasteiger partial charge < -0.3 is 19.1 Å². The molecule has 0 bridgehead atoms. The molecule has 1 fully saturated rings. The Kier molecular flexibility index (Phi) is 5.90. The number of fused-ring (bicyclic) bond motifs is 1. The fourth-order valence-corrected chi connectivity index (χ4v) is 3.83. The lowest BCUT2D eigenvalue weighted by Gasteiger charge is -2.33. The van der Waals surface area contributed by atoms with E-state index in [1.807, 2.05) is 30.3 Å². The lowest BCUT2D eigenvalue weighted by Crippen LogP contribution is -2.45. The zero-order chi connectivity index (χ0) is 22.0. The summed E-state index contributed by atoms with van der Waals surface area (Å²) in [6, 6.07) is 13.1. The molecule has 0 saturated carbocycles. The van der Waals surface area contributed by atoms with Crippen LogP contribution in [0.3, 0.4) is 0 Å². The summed E-state index contributed by atoms with van der Waals surface area (Å²) >= 11 is 0. The molecule has 1 aliphatic heterocycles. The second kappa shape index (κ2) is 8.77. The van der Waals surface area contributed by atoms with Crippen LogP contribution in [0.1, 0.15) is 17.5 Å². The molecule has 0 unspecified atom stereocenters. The highest BCUT2D eigenvalue weighted by Crippen LogP contribution is 2.30. The van der Waals surface area contributed by atoms with Crippen LogP contribution in [-0.2, 0) is 16.1 Å². The summed E-state index contributed by atoms with van der Waals surface area (Å²) in [4.78, 5) is 32.5. The van der Waals surface area contributed by atoms with Crippen LogP contribution >= 0.6 is 0 Å². The van der Waals surface area contributed by atoms with Crippen LogP contribution in [-0.4, -0.2) is 54.3 Å². The average molecular weight is 423 g/mol. The Bertz CT molecular complexity index is 1160. The molecule has 0 radical (unpaired) electrons. The van der Waals surface area contributed by atoms with E-state index >= 15 is 0 Å². The Morgan fingerprint density at radius 3 is 2.58 bits per heavy atom. The van der Waals surface area contributed by atoms with Gasteiger partial charge in [0.2, 0.25) is 5.91 Å². The Balaban J connectivity index is 1.60. The second-order valence-corrected chi connectivity index (χ2v) is 7.38. The number of hydrogen-bond acceptors (Lipinski definition) is 6. The largest absolute Gasteiger partial charge is 0.493 e. The molecule has 31 heavy (non-hydrogen) atoms. The normalized spacial score (nSPS) is 16.4. The van der Waals surface area contributed by atoms with Gasteiger partial charge in [-0.3, -0.25) is 14.2 Å². The molecule has 1 amide bonds. The number of rotatable bonds is 5. The van der Waals surface area contributed by atoms with E-state index < -0.39 is 0 Å². The summed E-state index contributed by atoms with van der Waals surface area (Å²) in [5.74, 6) is 1.26. The number of carbonyl (C=O) groups is 1. The van der Waals surface area contributed by atoms with Crippen LogP contribution in [0, 0.1) is 6.92 Å². The predicted molar refractivity (Wildman–Crippen MR) is 116 cm³/mol. The van der Waals surface area contributed by atoms with Crippen molar-refractivity contribution >= 4 is 16.8 Å². The lowest BCUT2D eigenvalue weighted by molar-refractivity contribution is -0.139. The highest BCUT2D eigenvalue weighted by Gasteiger charge is 2.26. The minimum Gasteiger partial charge on any atom is -0.493 e. The number of morpholine rings is 1. The summed E-state index contributed by atoms with van der Waals surface area (Å²) in [7, 11) is 3.04. The maximum Gasteiger partial charge on any atom is 0.262 e. The minimum atomic E-state index is -0.287. The minimum absolute atomic E-state index is 0.0799. The molecule has 2 aromatic carbocycles. The molecule has 1 aliphatic rings. The van der Waals surface area contributed by atoms with Crippen molar-refractivity contribution in [2.75, 3.05) is 33.9 Å². The Labute approximate surface area is 180 Å². The fraction of sp³-hybridized carbons (Fsp3) is 0.348. The van der Waals surface area contributed by atoms with Crippen molar-refractivity contribution in [2.45, 2.75) is 19.6 Å². The van der Waals surface area contributed by atoms with Gasteiger partial charge in [-0.15, -0.1) is 0 Å². The third-order valence-corrected chi connectivity index (χ3v) is 5.53. The predicted octanol–water partition coefficient (Wildman–Crippen LogP) is 2.32. The maximum atomic E-state index is 13.2. The first-order chi connectivity index (χ1) is 15.0. The van der Waals surface area contributed by atoms with Crippen molar-refractivity contribution in [2.24, 2.45) is 0 Å². The molecule has 1 aromatic heterocycles. The van der Waals surface area contributed by atoms with Crippen molar-refractivity contribution in [3.05, 3.63) is 64.2 Å². The number of methoxy groups -OCH3 is 2. The first kappa shape index (κ1) is 20.9. The van der Waals surface area contributed by atoms with E-state index in [0.717, 1.165) is 5.56 Å². The fourth-order valence-electron chi connectivity index (χ4n) is 3.83. The van der Waals surface area contributed by atoms with Crippen molar-refractivity contribution in [3.63, 3.8) is 0 Å². The van der Waals surface area contributed by atoms with Gasteiger partial charge in [-0.2, -0.15) is 0 Å². The second-order valence-electron chi connectivity index (χ2n) is 7.38. The highest BCUT2D eigenvalue weighted by molar-refractivity contribution is 5.82. The number of carbonyl (C=O) groups excluding carboxylic acids is 1. The molecule has 162 valence electrons. The van der Waals surface area contributed by atoms with E-state index in [2.05, 4.69) is 4.98 Å². The van der Waals surface area contributed by atoms with Gasteiger partial charge in [0.15, 0.2) is 11.5 Å². The van der Waals surface area contributed by atoms with Crippen LogP contribution in [0.4, 0.5) is 0 Å². The van der Waals surface area contributed by atoms with Gasteiger partial charge in [0.05, 0.1) is 38.3 Å². The molecule has 0 N–H and O–H groups in total. The van der Waals surface area contributed by atoms with Crippen LogP contribution in [0.5, 0.6) is 11.5 Å². The average Bonchev–Trinajstić information content (AvgIpc) is 2.81. The molecule has 3 aromatic rings. The maximum absolute atomic E-state index is 13.2. The van der Waals surface area contributed by atoms with Crippen molar-refractivity contribution in [1.82, 2.24) is 14.5 Å². The van der Waals surface area contributed by atoms with Gasteiger partial charge in [0.25, 0.3) is 5.56 Å². The van der Waals surface area contributed by atoms with Gasteiger partial charge in [-0.25, -0.2) is 4.98 Å². The Morgan fingerprint density at radius 1 is 1.16 bits per heavy atom. The van der Waals surface area contributed by atoms with E-state index in [0.29, 0.717) is 47.9 Å². The van der Waals surface area contributed by atoms with Crippen molar-refractivity contribution < 1.29 is 19.0 Å². The van der Waals surface area contributed by atoms with Gasteiger partial charge in [-0.05, 0) is 18.6 Å². The molecule has 8 nitrogen and oxygen atoms in total. The summed E-state index contributed by atoms with van der Waals surface area (Å²) in [6.45, 7) is 3.02. The van der Waals surface area contributed by atoms with E-state index in [4.69, 9.17) is 14.2 Å². The molecule has 1 atom stereocenters. The first-order valence-electron chi connectivity index (χ1n) is 10.1. The number of aromatic nitrogens is 2. The van der Waals surface area contributed by atoms with Crippen molar-refractivity contribution in [1.29, 1.82) is 0 Å². The standard InChI is InChI=1S/C23H25N3O5/c1-15-24-18-12-20(30-3)19(29-2)11-17(18)23(28)26(15)14-22(27)25-9-10-31-21(13-25)16-7-5-4-6-8-16/h4-8,11-12,21H,9-10,13-14H2,1-3H3/t21-/m1/s1. The summed E-state index contributed by atoms with van der Waals surface area (Å²) < 4.78 is 17.9. The number of nitrogens with zero attached hydrogens (tertiary/aromatic N) is 3. The molecule has 4 rings (SSSR count). The monoisotopic (exact) mass is 423 g/mol. The van der Waals surface area contributed by atoms with Crippen LogP contribution < -0.4 is 15.0 Å². The van der Waals surface area contributed by atoms with Gasteiger partial charge >= 0.3 is 0 Å². The Hall–Kier alpha value is -3.39. The number of amides is 1. The molecule has 0 spiro atoms. The third kappa shape index (κ3) is 4.11. The first-order valence-corrected chi connectivity index (χ1v) is 10.1. The van der Waals surface area contributed by atoms with Crippen LogP contribution in [0.15, 0.2) is 47.3 Å². The number of benzene rings is 2. The van der Waals surface area contributed by atoms with Gasteiger partial charge in [0, 0.05) is 12.6 Å². The smallest absolute Gasteiger partial charge is 0.262 e. The quantitative estimate of drug-likeness (QED) is 0.626. The lowest BCUT2D eigenvalue weighted by atomic mass is 10.1. The Morgan fingerprint density at radius 2 is 1.87 bits per heavy atom. The zero-order valence-corrected chi connectivity index (χ0v) is 17.8. The SMILES string of the molecule is COc1cc2nc(C)n(CC(=O)N3CCO[C@@H](c4ccccc4)C3)c(=O)c2cc1OC. The molecular weight excluding hydrogens is 398 g/mol. The molecule has 1 saturated heterocycles. The van der Waals surface area contributed by atoms with Gasteiger partial charge in [0.1, 0.15) is 18.5 Å². The molecule has 0 aliphatic carbocycles. The summed E-state index contributed by atoms with van der Waals surface area (Å²) in [6.07, 6.45) is -0.178. The van der Waals surface area contributed by atoms with Crippen molar-refractivity contribution in [3.8, 4) is 11.5 Å². The summed E-state index contributed by atoms with van der Waals surface area (Å²) in [5.41, 5.74) is 1.24. The number of ether oxygens (including phenoxy) is 3.